The molecule has 2 nitrogen and oxygen atoms in total. The van der Waals surface area contributed by atoms with E-state index < -0.39 is 0 Å². The summed E-state index contributed by atoms with van der Waals surface area (Å²) < 4.78 is 0. The van der Waals surface area contributed by atoms with Gasteiger partial charge in [-0.3, -0.25) is 0 Å². The zero-order valence-electron chi connectivity index (χ0n) is 12.3. The van der Waals surface area contributed by atoms with E-state index in [1.807, 2.05) is 0 Å². The van der Waals surface area contributed by atoms with Gasteiger partial charge in [0.25, 0.3) is 0 Å². The summed E-state index contributed by atoms with van der Waals surface area (Å²) >= 11 is 0. The molecule has 1 aromatic carbocycles. The fourth-order valence-electron chi connectivity index (χ4n) is 1.84. The SMILES string of the molecule is CC(C)c1ccc(CCNCCC(C)(C)N)cc1. The highest BCUT2D eigenvalue weighted by Gasteiger charge is 2.08. The molecule has 0 aliphatic heterocycles. The highest BCUT2D eigenvalue weighted by molar-refractivity contribution is 5.24. The molecule has 0 radical (unpaired) electrons. The van der Waals surface area contributed by atoms with Crippen LogP contribution in [-0.4, -0.2) is 18.6 Å². The van der Waals surface area contributed by atoms with Crippen LogP contribution in [-0.2, 0) is 6.42 Å². The minimum absolute atomic E-state index is 0.0636. The van der Waals surface area contributed by atoms with Gasteiger partial charge < -0.3 is 11.1 Å². The van der Waals surface area contributed by atoms with Crippen LogP contribution in [0.5, 0.6) is 0 Å². The molecule has 0 aliphatic rings. The van der Waals surface area contributed by atoms with Gasteiger partial charge in [0.1, 0.15) is 0 Å². The first-order valence-electron chi connectivity index (χ1n) is 6.97. The maximum atomic E-state index is 5.93. The lowest BCUT2D eigenvalue weighted by molar-refractivity contribution is 0.456. The zero-order valence-corrected chi connectivity index (χ0v) is 12.3. The molecule has 102 valence electrons. The minimum atomic E-state index is -0.0636. The van der Waals surface area contributed by atoms with Crippen LogP contribution in [0.15, 0.2) is 24.3 Å². The lowest BCUT2D eigenvalue weighted by Gasteiger charge is -2.18. The first kappa shape index (κ1) is 15.2. The summed E-state index contributed by atoms with van der Waals surface area (Å²) in [5, 5.41) is 3.45. The molecule has 3 N–H and O–H groups in total. The molecule has 0 aromatic heterocycles. The highest BCUT2D eigenvalue weighted by Crippen LogP contribution is 2.14. The van der Waals surface area contributed by atoms with Crippen LogP contribution in [0, 0.1) is 0 Å². The van der Waals surface area contributed by atoms with E-state index >= 15 is 0 Å². The van der Waals surface area contributed by atoms with Gasteiger partial charge in [0.15, 0.2) is 0 Å². The Morgan fingerprint density at radius 3 is 2.22 bits per heavy atom. The highest BCUT2D eigenvalue weighted by atomic mass is 14.9. The van der Waals surface area contributed by atoms with E-state index in [1.165, 1.54) is 11.1 Å². The van der Waals surface area contributed by atoms with E-state index in [9.17, 15) is 0 Å². The van der Waals surface area contributed by atoms with Crippen LogP contribution >= 0.6 is 0 Å². The molecule has 18 heavy (non-hydrogen) atoms. The summed E-state index contributed by atoms with van der Waals surface area (Å²) in [4.78, 5) is 0. The molecule has 0 saturated heterocycles. The number of hydrogen-bond donors (Lipinski definition) is 2. The van der Waals surface area contributed by atoms with Crippen LogP contribution in [0.25, 0.3) is 0 Å². The molecular formula is C16H28N2. The number of nitrogens with two attached hydrogens (primary N) is 1. The molecule has 0 saturated carbocycles. The van der Waals surface area contributed by atoms with Crippen molar-refractivity contribution in [1.29, 1.82) is 0 Å². The van der Waals surface area contributed by atoms with Crippen molar-refractivity contribution < 1.29 is 0 Å². The second kappa shape index (κ2) is 6.91. The number of nitrogens with one attached hydrogen (secondary N) is 1. The average molecular weight is 248 g/mol. The number of hydrogen-bond acceptors (Lipinski definition) is 2. The molecule has 1 aromatic rings. The Morgan fingerprint density at radius 1 is 1.11 bits per heavy atom. The van der Waals surface area contributed by atoms with Crippen molar-refractivity contribution in [2.75, 3.05) is 13.1 Å². The Bertz CT molecular complexity index is 333. The molecule has 1 rings (SSSR count). The first-order chi connectivity index (χ1) is 8.38. The van der Waals surface area contributed by atoms with E-state index in [4.69, 9.17) is 5.73 Å². The molecule has 2 heteroatoms. The van der Waals surface area contributed by atoms with Gasteiger partial charge in [0, 0.05) is 5.54 Å². The van der Waals surface area contributed by atoms with Crippen LogP contribution in [0.4, 0.5) is 0 Å². The van der Waals surface area contributed by atoms with E-state index in [2.05, 4.69) is 57.3 Å². The normalized spacial score (nSPS) is 12.1. The molecule has 0 unspecified atom stereocenters. The lowest BCUT2D eigenvalue weighted by atomic mass is 10.0. The maximum Gasteiger partial charge on any atom is 0.0109 e. The molecule has 0 fully saturated rings. The van der Waals surface area contributed by atoms with Crippen molar-refractivity contribution in [2.45, 2.75) is 52.0 Å². The van der Waals surface area contributed by atoms with Gasteiger partial charge >= 0.3 is 0 Å². The fourth-order valence-corrected chi connectivity index (χ4v) is 1.84. The Morgan fingerprint density at radius 2 is 1.72 bits per heavy atom. The van der Waals surface area contributed by atoms with Crippen molar-refractivity contribution in [3.63, 3.8) is 0 Å². The Balaban J connectivity index is 2.23. The molecule has 0 amide bonds. The number of benzene rings is 1. The van der Waals surface area contributed by atoms with Gasteiger partial charge in [0.2, 0.25) is 0 Å². The molecule has 0 spiro atoms. The van der Waals surface area contributed by atoms with Crippen molar-refractivity contribution in [1.82, 2.24) is 5.32 Å². The van der Waals surface area contributed by atoms with Crippen LogP contribution in [0.3, 0.4) is 0 Å². The Labute approximate surface area is 112 Å². The monoisotopic (exact) mass is 248 g/mol. The number of rotatable bonds is 7. The Kier molecular flexibility index (Phi) is 5.83. The molecule has 0 aliphatic carbocycles. The van der Waals surface area contributed by atoms with Crippen molar-refractivity contribution in [3.8, 4) is 0 Å². The summed E-state index contributed by atoms with van der Waals surface area (Å²) in [5.41, 5.74) is 8.69. The molecule has 0 bridgehead atoms. The van der Waals surface area contributed by atoms with Gasteiger partial charge in [-0.1, -0.05) is 38.1 Å². The average Bonchev–Trinajstić information content (AvgIpc) is 2.27. The second-order valence-electron chi connectivity index (χ2n) is 6.13. The van der Waals surface area contributed by atoms with E-state index in [0.717, 1.165) is 25.9 Å². The van der Waals surface area contributed by atoms with Crippen LogP contribution < -0.4 is 11.1 Å². The molecule has 0 heterocycles. The third kappa shape index (κ3) is 6.18. The smallest absolute Gasteiger partial charge is 0.0109 e. The molecule has 0 atom stereocenters. The van der Waals surface area contributed by atoms with E-state index in [1.54, 1.807) is 0 Å². The van der Waals surface area contributed by atoms with Crippen molar-refractivity contribution >= 4 is 0 Å². The molecular weight excluding hydrogens is 220 g/mol. The van der Waals surface area contributed by atoms with Gasteiger partial charge in [-0.2, -0.15) is 0 Å². The Hall–Kier alpha value is -0.860. The summed E-state index contributed by atoms with van der Waals surface area (Å²) in [6, 6.07) is 8.96. The van der Waals surface area contributed by atoms with Gasteiger partial charge in [-0.15, -0.1) is 0 Å². The predicted octanol–water partition coefficient (Wildman–Crippen LogP) is 3.07. The zero-order chi connectivity index (χ0) is 13.6. The third-order valence-electron chi connectivity index (χ3n) is 3.18. The van der Waals surface area contributed by atoms with E-state index in [-0.39, 0.29) is 5.54 Å². The van der Waals surface area contributed by atoms with Crippen molar-refractivity contribution in [2.24, 2.45) is 5.73 Å². The van der Waals surface area contributed by atoms with Crippen LogP contribution in [0.1, 0.15) is 51.2 Å². The fraction of sp³-hybridized carbons (Fsp3) is 0.625. The summed E-state index contributed by atoms with van der Waals surface area (Å²) in [6.45, 7) is 10.6. The van der Waals surface area contributed by atoms with Gasteiger partial charge in [-0.05, 0) is 56.8 Å². The maximum absolute atomic E-state index is 5.93. The van der Waals surface area contributed by atoms with Crippen LogP contribution in [0.2, 0.25) is 0 Å². The minimum Gasteiger partial charge on any atom is -0.326 e. The van der Waals surface area contributed by atoms with Gasteiger partial charge in [0.05, 0.1) is 0 Å². The summed E-state index contributed by atoms with van der Waals surface area (Å²) in [6.07, 6.45) is 2.10. The topological polar surface area (TPSA) is 38.0 Å². The predicted molar refractivity (Wildman–Crippen MR) is 80.0 cm³/mol. The summed E-state index contributed by atoms with van der Waals surface area (Å²) in [7, 11) is 0. The largest absolute Gasteiger partial charge is 0.326 e. The van der Waals surface area contributed by atoms with Gasteiger partial charge in [-0.25, -0.2) is 0 Å². The summed E-state index contributed by atoms with van der Waals surface area (Å²) in [5.74, 6) is 0.615. The second-order valence-corrected chi connectivity index (χ2v) is 6.13. The van der Waals surface area contributed by atoms with Crippen molar-refractivity contribution in [3.05, 3.63) is 35.4 Å². The quantitative estimate of drug-likeness (QED) is 0.728. The third-order valence-corrected chi connectivity index (χ3v) is 3.18. The lowest BCUT2D eigenvalue weighted by Crippen LogP contribution is -2.36. The first-order valence-corrected chi connectivity index (χ1v) is 6.97. The van der Waals surface area contributed by atoms with E-state index in [0.29, 0.717) is 5.92 Å². The standard InChI is InChI=1S/C16H28N2/c1-13(2)15-7-5-14(6-8-15)9-11-18-12-10-16(3,4)17/h5-8,13,18H,9-12,17H2,1-4H3.